The zero-order valence-corrected chi connectivity index (χ0v) is 17.3. The molecule has 3 rings (SSSR count). The van der Waals surface area contributed by atoms with E-state index in [2.05, 4.69) is 28.6 Å². The average Bonchev–Trinajstić information content (AvgIpc) is 3.15. The zero-order chi connectivity index (χ0) is 19.4. The molecule has 1 aromatic heterocycles. The number of methoxy groups -OCH3 is 2. The van der Waals surface area contributed by atoms with E-state index in [1.807, 2.05) is 36.5 Å². The summed E-state index contributed by atoms with van der Waals surface area (Å²) >= 11 is 1.83. The number of hydrogen-bond acceptors (Lipinski definition) is 5. The molecule has 146 valence electrons. The highest BCUT2D eigenvalue weighted by atomic mass is 32.1. The largest absolute Gasteiger partial charge is 0.497 e. The minimum absolute atomic E-state index is 0.0319. The Morgan fingerprint density at radius 2 is 2.15 bits per heavy atom. The fourth-order valence-electron chi connectivity index (χ4n) is 3.84. The molecule has 0 radical (unpaired) electrons. The van der Waals surface area contributed by atoms with Crippen molar-refractivity contribution < 1.29 is 14.3 Å². The van der Waals surface area contributed by atoms with E-state index in [-0.39, 0.29) is 11.9 Å². The summed E-state index contributed by atoms with van der Waals surface area (Å²) in [7, 11) is 3.27. The number of nitrogens with one attached hydrogen (secondary N) is 1. The Hall–Kier alpha value is -2.05. The van der Waals surface area contributed by atoms with E-state index in [1.165, 1.54) is 10.4 Å². The molecule has 1 aliphatic heterocycles. The summed E-state index contributed by atoms with van der Waals surface area (Å²) in [6.45, 7) is 5.49. The van der Waals surface area contributed by atoms with Gasteiger partial charge in [0.15, 0.2) is 0 Å². The molecule has 1 aliphatic rings. The molecular weight excluding hydrogens is 360 g/mol. The van der Waals surface area contributed by atoms with Gasteiger partial charge in [-0.05, 0) is 55.0 Å². The van der Waals surface area contributed by atoms with Gasteiger partial charge >= 0.3 is 0 Å². The number of carbonyl (C=O) groups is 1. The number of thiophene rings is 1. The maximum absolute atomic E-state index is 12.7. The van der Waals surface area contributed by atoms with E-state index in [1.54, 1.807) is 14.2 Å². The van der Waals surface area contributed by atoms with Crippen LogP contribution in [-0.4, -0.2) is 38.1 Å². The topological polar surface area (TPSA) is 50.8 Å². The van der Waals surface area contributed by atoms with E-state index in [0.29, 0.717) is 12.6 Å². The van der Waals surface area contributed by atoms with Gasteiger partial charge < -0.3 is 14.8 Å². The molecule has 0 unspecified atom stereocenters. The van der Waals surface area contributed by atoms with Gasteiger partial charge in [-0.25, -0.2) is 0 Å². The fourth-order valence-corrected chi connectivity index (χ4v) is 4.77. The van der Waals surface area contributed by atoms with Crippen molar-refractivity contribution in [1.29, 1.82) is 0 Å². The standard InChI is InChI=1S/C21H28N2O3S/c1-5-18-16-9-11-27-20(16)8-10-23(18)13-21(24)22-14(2)17-12-15(25-3)6-7-19(17)26-4/h6-7,9,11-12,14,18H,5,8,10,13H2,1-4H3,(H,22,24)/t14-,18-/m0/s1. The second-order valence-corrected chi connectivity index (χ2v) is 7.84. The highest BCUT2D eigenvalue weighted by molar-refractivity contribution is 7.10. The lowest BCUT2D eigenvalue weighted by Crippen LogP contribution is -2.42. The average molecular weight is 389 g/mol. The SMILES string of the molecule is CC[C@H]1c2ccsc2CCN1CC(=O)N[C@@H](C)c1cc(OC)ccc1OC. The van der Waals surface area contributed by atoms with Gasteiger partial charge in [0, 0.05) is 23.0 Å². The minimum Gasteiger partial charge on any atom is -0.497 e. The number of nitrogens with zero attached hydrogens (tertiary/aromatic N) is 1. The fraction of sp³-hybridized carbons (Fsp3) is 0.476. The van der Waals surface area contributed by atoms with Crippen molar-refractivity contribution in [2.24, 2.45) is 0 Å². The van der Waals surface area contributed by atoms with Crippen molar-refractivity contribution in [2.45, 2.75) is 38.8 Å². The highest BCUT2D eigenvalue weighted by Gasteiger charge is 2.28. The van der Waals surface area contributed by atoms with Gasteiger partial charge in [-0.15, -0.1) is 11.3 Å². The Labute approximate surface area is 165 Å². The van der Waals surface area contributed by atoms with Gasteiger partial charge in [-0.2, -0.15) is 0 Å². The summed E-state index contributed by atoms with van der Waals surface area (Å²) < 4.78 is 10.8. The van der Waals surface area contributed by atoms with E-state index in [4.69, 9.17) is 9.47 Å². The van der Waals surface area contributed by atoms with Gasteiger partial charge in [0.25, 0.3) is 0 Å². The van der Waals surface area contributed by atoms with Crippen LogP contribution in [0, 0.1) is 0 Å². The van der Waals surface area contributed by atoms with E-state index in [0.717, 1.165) is 36.4 Å². The third-order valence-corrected chi connectivity index (χ3v) is 6.22. The molecule has 0 aliphatic carbocycles. The molecule has 1 amide bonds. The molecule has 0 saturated heterocycles. The first-order chi connectivity index (χ1) is 13.1. The highest BCUT2D eigenvalue weighted by Crippen LogP contribution is 2.35. The zero-order valence-electron chi connectivity index (χ0n) is 16.5. The van der Waals surface area contributed by atoms with Crippen LogP contribution in [0.1, 0.15) is 48.4 Å². The summed E-state index contributed by atoms with van der Waals surface area (Å²) in [4.78, 5) is 16.5. The van der Waals surface area contributed by atoms with Crippen molar-refractivity contribution in [1.82, 2.24) is 10.2 Å². The molecule has 1 aromatic carbocycles. The second kappa shape index (κ2) is 8.76. The molecule has 27 heavy (non-hydrogen) atoms. The van der Waals surface area contributed by atoms with E-state index >= 15 is 0 Å². The molecule has 6 heteroatoms. The molecular formula is C21H28N2O3S. The van der Waals surface area contributed by atoms with Crippen molar-refractivity contribution in [3.8, 4) is 11.5 Å². The number of benzene rings is 1. The number of carbonyl (C=O) groups excluding carboxylic acids is 1. The molecule has 0 saturated carbocycles. The first-order valence-electron chi connectivity index (χ1n) is 9.39. The number of fused-ring (bicyclic) bond motifs is 1. The monoisotopic (exact) mass is 388 g/mol. The summed E-state index contributed by atoms with van der Waals surface area (Å²) in [5.74, 6) is 1.53. The van der Waals surface area contributed by atoms with Crippen LogP contribution in [-0.2, 0) is 11.2 Å². The Kier molecular flexibility index (Phi) is 6.39. The van der Waals surface area contributed by atoms with Crippen LogP contribution in [0.5, 0.6) is 11.5 Å². The Balaban J connectivity index is 1.67. The molecule has 0 bridgehead atoms. The second-order valence-electron chi connectivity index (χ2n) is 6.84. The predicted octanol–water partition coefficient (Wildman–Crippen LogP) is 3.95. The van der Waals surface area contributed by atoms with Crippen LogP contribution in [0.3, 0.4) is 0 Å². The van der Waals surface area contributed by atoms with Crippen molar-refractivity contribution in [2.75, 3.05) is 27.3 Å². The van der Waals surface area contributed by atoms with E-state index in [9.17, 15) is 4.79 Å². The molecule has 0 fully saturated rings. The van der Waals surface area contributed by atoms with Crippen LogP contribution >= 0.6 is 11.3 Å². The molecule has 5 nitrogen and oxygen atoms in total. The normalized spacial score (nSPS) is 17.9. The first-order valence-corrected chi connectivity index (χ1v) is 10.3. The van der Waals surface area contributed by atoms with Gasteiger partial charge in [0.2, 0.25) is 5.91 Å². The van der Waals surface area contributed by atoms with Crippen molar-refractivity contribution in [3.63, 3.8) is 0 Å². The summed E-state index contributed by atoms with van der Waals surface area (Å²) in [6, 6.07) is 8.01. The third kappa shape index (κ3) is 4.28. The Morgan fingerprint density at radius 3 is 2.85 bits per heavy atom. The first kappa shape index (κ1) is 19.7. The maximum atomic E-state index is 12.7. The van der Waals surface area contributed by atoms with Crippen LogP contribution < -0.4 is 14.8 Å². The van der Waals surface area contributed by atoms with Crippen LogP contribution in [0.25, 0.3) is 0 Å². The molecule has 1 N–H and O–H groups in total. The van der Waals surface area contributed by atoms with Crippen LogP contribution in [0.15, 0.2) is 29.6 Å². The molecule has 2 aromatic rings. The lowest BCUT2D eigenvalue weighted by atomic mass is 9.98. The molecule has 0 spiro atoms. The smallest absolute Gasteiger partial charge is 0.234 e. The minimum atomic E-state index is -0.163. The van der Waals surface area contributed by atoms with Crippen molar-refractivity contribution >= 4 is 17.2 Å². The van der Waals surface area contributed by atoms with Gasteiger partial charge in [-0.3, -0.25) is 9.69 Å². The van der Waals surface area contributed by atoms with Gasteiger partial charge in [-0.1, -0.05) is 6.92 Å². The molecule has 2 heterocycles. The Morgan fingerprint density at radius 1 is 1.33 bits per heavy atom. The van der Waals surface area contributed by atoms with Gasteiger partial charge in [0.1, 0.15) is 11.5 Å². The number of rotatable bonds is 7. The predicted molar refractivity (Wildman–Crippen MR) is 109 cm³/mol. The quantitative estimate of drug-likeness (QED) is 0.780. The number of amides is 1. The number of hydrogen-bond donors (Lipinski definition) is 1. The molecule has 2 atom stereocenters. The maximum Gasteiger partial charge on any atom is 0.234 e. The summed E-state index contributed by atoms with van der Waals surface area (Å²) in [6.07, 6.45) is 2.03. The van der Waals surface area contributed by atoms with E-state index < -0.39 is 0 Å². The third-order valence-electron chi connectivity index (χ3n) is 5.22. The van der Waals surface area contributed by atoms with Crippen LogP contribution in [0.2, 0.25) is 0 Å². The summed E-state index contributed by atoms with van der Waals surface area (Å²) in [5.41, 5.74) is 2.31. The number of ether oxygens (including phenoxy) is 2. The van der Waals surface area contributed by atoms with Crippen molar-refractivity contribution in [3.05, 3.63) is 45.6 Å². The lowest BCUT2D eigenvalue weighted by molar-refractivity contribution is -0.123. The Bertz CT molecular complexity index is 789. The van der Waals surface area contributed by atoms with Gasteiger partial charge in [0.05, 0.1) is 26.8 Å². The lowest BCUT2D eigenvalue weighted by Gasteiger charge is -2.35. The summed E-state index contributed by atoms with van der Waals surface area (Å²) in [5, 5.41) is 5.28. The van der Waals surface area contributed by atoms with Crippen LogP contribution in [0.4, 0.5) is 0 Å².